The molecule has 20 heavy (non-hydrogen) atoms. The molecule has 0 atom stereocenters. The number of carbonyl (C=O) groups excluding carboxylic acids is 2. The average molecular weight is 276 g/mol. The van der Waals surface area contributed by atoms with Crippen molar-refractivity contribution in [3.8, 4) is 0 Å². The molecule has 5 heteroatoms. The van der Waals surface area contributed by atoms with E-state index in [0.717, 1.165) is 12.8 Å². The van der Waals surface area contributed by atoms with E-state index >= 15 is 0 Å². The molecule has 2 amide bonds. The molecule has 0 saturated heterocycles. The molecule has 2 N–H and O–H groups in total. The minimum absolute atomic E-state index is 0.334. The number of rotatable bonds is 6. The third-order valence-corrected chi connectivity index (χ3v) is 2.45. The van der Waals surface area contributed by atoms with Gasteiger partial charge in [-0.3, -0.25) is 0 Å². The molecular weight excluding hydrogens is 256 g/mol. The molecule has 0 unspecified atom stereocenters. The molecule has 0 fully saturated rings. The molecule has 0 aromatic heterocycles. The zero-order valence-corrected chi connectivity index (χ0v) is 11.9. The number of para-hydroxylation sites is 1. The molecule has 108 valence electrons. The van der Waals surface area contributed by atoms with E-state index in [9.17, 15) is 9.59 Å². The Labute approximate surface area is 119 Å². The number of anilines is 1. The molecule has 0 spiro atoms. The lowest BCUT2D eigenvalue weighted by molar-refractivity contribution is 0.0501. The summed E-state index contributed by atoms with van der Waals surface area (Å²) < 4.78 is 5.14. The van der Waals surface area contributed by atoms with Gasteiger partial charge in [-0.1, -0.05) is 32.1 Å². The van der Waals surface area contributed by atoms with Gasteiger partial charge in [-0.05, 0) is 25.5 Å². The van der Waals surface area contributed by atoms with Crippen LogP contribution in [0.1, 0.15) is 37.0 Å². The van der Waals surface area contributed by atoms with Crippen LogP contribution in [-0.2, 0) is 4.74 Å². The second-order valence-electron chi connectivity index (χ2n) is 4.39. The fraction of sp³-hybridized carbons (Fsp3) is 0.333. The van der Waals surface area contributed by atoms with E-state index < -0.39 is 12.0 Å². The second kappa shape index (κ2) is 7.99. The lowest BCUT2D eigenvalue weighted by Crippen LogP contribution is -2.27. The first-order valence-corrected chi connectivity index (χ1v) is 6.54. The molecule has 0 heterocycles. The summed E-state index contributed by atoms with van der Waals surface area (Å²) >= 11 is 0. The first-order valence-electron chi connectivity index (χ1n) is 6.54. The fourth-order valence-electron chi connectivity index (χ4n) is 1.50. The van der Waals surface area contributed by atoms with E-state index in [1.54, 1.807) is 31.2 Å². The van der Waals surface area contributed by atoms with Crippen molar-refractivity contribution in [2.45, 2.75) is 26.7 Å². The molecular formula is C15H20N2O3. The molecule has 0 aliphatic carbocycles. The molecule has 1 rings (SSSR count). The maximum absolute atomic E-state index is 11.9. The molecule has 0 aliphatic rings. The number of hydrogen-bond acceptors (Lipinski definition) is 3. The third kappa shape index (κ3) is 5.14. The Kier molecular flexibility index (Phi) is 6.29. The van der Waals surface area contributed by atoms with Crippen LogP contribution in [0.25, 0.3) is 0 Å². The minimum Gasteiger partial charge on any atom is -0.462 e. The summed E-state index contributed by atoms with van der Waals surface area (Å²) in [6.45, 7) is 7.65. The lowest BCUT2D eigenvalue weighted by atomic mass is 10.2. The highest BCUT2D eigenvalue weighted by Crippen LogP contribution is 2.16. The molecule has 0 bridgehead atoms. The monoisotopic (exact) mass is 276 g/mol. The standard InChI is InChI=1S/C15H20N2O3/c1-4-5-10-20-14(18)12-8-6-7-9-13(12)17-15(19)16-11(2)3/h6-9H,2,4-5,10H2,1,3H3,(H2,16,17,19). The molecule has 5 nitrogen and oxygen atoms in total. The van der Waals surface area contributed by atoms with E-state index in [1.807, 2.05) is 6.92 Å². The van der Waals surface area contributed by atoms with Gasteiger partial charge in [-0.25, -0.2) is 9.59 Å². The fourth-order valence-corrected chi connectivity index (χ4v) is 1.50. The zero-order valence-electron chi connectivity index (χ0n) is 11.9. The van der Waals surface area contributed by atoms with Crippen LogP contribution in [-0.4, -0.2) is 18.6 Å². The number of benzene rings is 1. The van der Waals surface area contributed by atoms with Gasteiger partial charge in [-0.15, -0.1) is 0 Å². The van der Waals surface area contributed by atoms with Gasteiger partial charge in [0, 0.05) is 5.70 Å². The number of allylic oxidation sites excluding steroid dienone is 1. The van der Waals surface area contributed by atoms with Gasteiger partial charge in [0.1, 0.15) is 0 Å². The van der Waals surface area contributed by atoms with Crippen molar-refractivity contribution in [2.24, 2.45) is 0 Å². The van der Waals surface area contributed by atoms with Crippen LogP contribution in [0.15, 0.2) is 36.5 Å². The summed E-state index contributed by atoms with van der Waals surface area (Å²) in [6, 6.07) is 6.28. The van der Waals surface area contributed by atoms with Crippen LogP contribution in [0.2, 0.25) is 0 Å². The SMILES string of the molecule is C=C(C)NC(=O)Nc1ccccc1C(=O)OCCCC. The Morgan fingerprint density at radius 2 is 2.00 bits per heavy atom. The summed E-state index contributed by atoms with van der Waals surface area (Å²) in [7, 11) is 0. The van der Waals surface area contributed by atoms with Crippen LogP contribution in [0.3, 0.4) is 0 Å². The van der Waals surface area contributed by atoms with E-state index in [0.29, 0.717) is 23.6 Å². The van der Waals surface area contributed by atoms with Crippen molar-refractivity contribution in [3.63, 3.8) is 0 Å². The van der Waals surface area contributed by atoms with Gasteiger partial charge in [0.2, 0.25) is 0 Å². The Morgan fingerprint density at radius 3 is 2.65 bits per heavy atom. The van der Waals surface area contributed by atoms with Crippen molar-refractivity contribution >= 4 is 17.7 Å². The van der Waals surface area contributed by atoms with Crippen LogP contribution >= 0.6 is 0 Å². The number of carbonyl (C=O) groups is 2. The van der Waals surface area contributed by atoms with Crippen LogP contribution < -0.4 is 10.6 Å². The molecule has 1 aromatic rings. The largest absolute Gasteiger partial charge is 0.462 e. The number of ether oxygens (including phenoxy) is 1. The molecule has 0 radical (unpaired) electrons. The Morgan fingerprint density at radius 1 is 1.30 bits per heavy atom. The van der Waals surface area contributed by atoms with Crippen LogP contribution in [0, 0.1) is 0 Å². The average Bonchev–Trinajstić information content (AvgIpc) is 2.38. The maximum Gasteiger partial charge on any atom is 0.340 e. The van der Waals surface area contributed by atoms with Crippen LogP contribution in [0.5, 0.6) is 0 Å². The number of urea groups is 1. The number of nitrogens with one attached hydrogen (secondary N) is 2. The number of unbranched alkanes of at least 4 members (excludes halogenated alkanes) is 1. The van der Waals surface area contributed by atoms with Crippen molar-refractivity contribution < 1.29 is 14.3 Å². The van der Waals surface area contributed by atoms with Gasteiger partial charge >= 0.3 is 12.0 Å². The van der Waals surface area contributed by atoms with Crippen molar-refractivity contribution in [2.75, 3.05) is 11.9 Å². The topological polar surface area (TPSA) is 67.4 Å². The molecule has 0 aliphatic heterocycles. The highest BCUT2D eigenvalue weighted by atomic mass is 16.5. The van der Waals surface area contributed by atoms with E-state index in [1.165, 1.54) is 0 Å². The van der Waals surface area contributed by atoms with Crippen molar-refractivity contribution in [3.05, 3.63) is 42.1 Å². The van der Waals surface area contributed by atoms with Gasteiger partial charge in [0.25, 0.3) is 0 Å². The van der Waals surface area contributed by atoms with Gasteiger partial charge < -0.3 is 15.4 Å². The van der Waals surface area contributed by atoms with Crippen molar-refractivity contribution in [1.82, 2.24) is 5.32 Å². The van der Waals surface area contributed by atoms with Crippen molar-refractivity contribution in [1.29, 1.82) is 0 Å². The van der Waals surface area contributed by atoms with Gasteiger partial charge in [-0.2, -0.15) is 0 Å². The number of hydrogen-bond donors (Lipinski definition) is 2. The lowest BCUT2D eigenvalue weighted by Gasteiger charge is -2.11. The van der Waals surface area contributed by atoms with Gasteiger partial charge in [0.05, 0.1) is 17.9 Å². The predicted octanol–water partition coefficient (Wildman–Crippen LogP) is 3.30. The third-order valence-electron chi connectivity index (χ3n) is 2.45. The Balaban J connectivity index is 2.74. The molecule has 1 aromatic carbocycles. The maximum atomic E-state index is 11.9. The van der Waals surface area contributed by atoms with E-state index in [2.05, 4.69) is 17.2 Å². The van der Waals surface area contributed by atoms with Crippen LogP contribution in [0.4, 0.5) is 10.5 Å². The summed E-state index contributed by atoms with van der Waals surface area (Å²) in [4.78, 5) is 23.6. The second-order valence-corrected chi connectivity index (χ2v) is 4.39. The van der Waals surface area contributed by atoms with E-state index in [-0.39, 0.29) is 0 Å². The normalized spacial score (nSPS) is 9.70. The smallest absolute Gasteiger partial charge is 0.340 e. The summed E-state index contributed by atoms with van der Waals surface area (Å²) in [5, 5.41) is 5.11. The Hall–Kier alpha value is -2.30. The molecule has 0 saturated carbocycles. The van der Waals surface area contributed by atoms with E-state index in [4.69, 9.17) is 4.74 Å². The summed E-state index contributed by atoms with van der Waals surface area (Å²) in [5.74, 6) is -0.440. The number of amides is 2. The summed E-state index contributed by atoms with van der Waals surface area (Å²) in [5.41, 5.74) is 1.26. The predicted molar refractivity (Wildman–Crippen MR) is 78.6 cm³/mol. The quantitative estimate of drug-likeness (QED) is 0.619. The first-order chi connectivity index (χ1) is 9.54. The first kappa shape index (κ1) is 15.8. The van der Waals surface area contributed by atoms with Gasteiger partial charge in [0.15, 0.2) is 0 Å². The highest BCUT2D eigenvalue weighted by Gasteiger charge is 2.13. The Bertz CT molecular complexity index is 498. The highest BCUT2D eigenvalue weighted by molar-refractivity contribution is 6.01. The minimum atomic E-state index is -0.440. The number of esters is 1. The zero-order chi connectivity index (χ0) is 15.0. The summed E-state index contributed by atoms with van der Waals surface area (Å²) in [6.07, 6.45) is 1.77.